The van der Waals surface area contributed by atoms with Crippen molar-refractivity contribution in [3.8, 4) is 11.3 Å². The Kier molecular flexibility index (Phi) is 3.98. The molecule has 0 aliphatic carbocycles. The minimum absolute atomic E-state index is 0.432. The maximum atomic E-state index is 5.05. The molecule has 4 rings (SSSR count). The molecular weight excluding hydrogens is 308 g/mol. The molecule has 130 valence electrons. The second-order valence-electron chi connectivity index (χ2n) is 7.32. The Hall–Kier alpha value is -2.36. The van der Waals surface area contributed by atoms with Crippen molar-refractivity contribution >= 4 is 16.9 Å². The van der Waals surface area contributed by atoms with Gasteiger partial charge in [-0.05, 0) is 55.0 Å². The highest BCUT2D eigenvalue weighted by Gasteiger charge is 2.23. The lowest BCUT2D eigenvalue weighted by Crippen LogP contribution is -2.38. The maximum absolute atomic E-state index is 5.05. The summed E-state index contributed by atoms with van der Waals surface area (Å²) in [6, 6.07) is 6.64. The lowest BCUT2D eigenvalue weighted by molar-refractivity contribution is 0.607. The zero-order chi connectivity index (χ0) is 17.6. The van der Waals surface area contributed by atoms with Crippen LogP contribution in [-0.2, 0) is 6.42 Å². The number of hydrogen-bond acceptors (Lipinski definition) is 3. The lowest BCUT2D eigenvalue weighted by atomic mass is 10.00. The second-order valence-corrected chi connectivity index (χ2v) is 7.32. The van der Waals surface area contributed by atoms with Gasteiger partial charge in [-0.3, -0.25) is 0 Å². The second kappa shape index (κ2) is 6.17. The molecule has 4 heteroatoms. The van der Waals surface area contributed by atoms with Gasteiger partial charge in [0.05, 0.1) is 16.7 Å². The average molecular weight is 334 g/mol. The number of H-pyrrole nitrogens is 1. The summed E-state index contributed by atoms with van der Waals surface area (Å²) in [4.78, 5) is 15.8. The number of nitrogens with zero attached hydrogens (tertiary/aromatic N) is 3. The van der Waals surface area contributed by atoms with E-state index in [0.29, 0.717) is 5.92 Å². The highest BCUT2D eigenvalue weighted by atomic mass is 15.2. The van der Waals surface area contributed by atoms with E-state index in [1.54, 1.807) is 0 Å². The van der Waals surface area contributed by atoms with Crippen LogP contribution in [0.3, 0.4) is 0 Å². The number of pyridine rings is 2. The monoisotopic (exact) mass is 334 g/mol. The summed E-state index contributed by atoms with van der Waals surface area (Å²) in [5, 5.41) is 0. The van der Waals surface area contributed by atoms with Crippen LogP contribution < -0.4 is 4.90 Å². The van der Waals surface area contributed by atoms with Gasteiger partial charge in [0.1, 0.15) is 5.82 Å². The van der Waals surface area contributed by atoms with Crippen molar-refractivity contribution in [1.29, 1.82) is 0 Å². The molecule has 0 amide bonds. The third-order valence-corrected chi connectivity index (χ3v) is 5.20. The third-order valence-electron chi connectivity index (χ3n) is 5.20. The Labute approximate surface area is 149 Å². The van der Waals surface area contributed by atoms with Crippen LogP contribution in [0.25, 0.3) is 22.3 Å². The molecule has 0 atom stereocenters. The minimum atomic E-state index is 0.432. The smallest absolute Gasteiger partial charge is 0.138 e. The minimum Gasteiger partial charge on any atom is -0.360 e. The van der Waals surface area contributed by atoms with E-state index >= 15 is 0 Å². The van der Waals surface area contributed by atoms with Crippen LogP contribution in [-0.4, -0.2) is 28.0 Å². The molecule has 0 aromatic carbocycles. The van der Waals surface area contributed by atoms with Crippen LogP contribution in [0, 0.1) is 6.92 Å². The van der Waals surface area contributed by atoms with Gasteiger partial charge in [-0.15, -0.1) is 0 Å². The van der Waals surface area contributed by atoms with Gasteiger partial charge in [0.25, 0.3) is 0 Å². The standard InChI is InChI=1S/C21H26N4/c1-5-15-11-18-19(14(4)12-22-18)24-20(15)16-7-8-17(13(2)3)23-21(16)25-9-6-10-25/h7-8,11-13,22H,5-6,9-10H2,1-4H3. The number of anilines is 1. The maximum Gasteiger partial charge on any atom is 0.138 e. The summed E-state index contributed by atoms with van der Waals surface area (Å²) in [5.74, 6) is 1.54. The predicted molar refractivity (Wildman–Crippen MR) is 104 cm³/mol. The van der Waals surface area contributed by atoms with Crippen molar-refractivity contribution in [2.24, 2.45) is 0 Å². The number of hydrogen-bond donors (Lipinski definition) is 1. The van der Waals surface area contributed by atoms with E-state index < -0.39 is 0 Å². The number of rotatable bonds is 4. The fraction of sp³-hybridized carbons (Fsp3) is 0.429. The van der Waals surface area contributed by atoms with E-state index in [1.165, 1.54) is 23.1 Å². The van der Waals surface area contributed by atoms with E-state index in [0.717, 1.165) is 47.7 Å². The molecule has 1 saturated heterocycles. The normalized spacial score (nSPS) is 14.4. The molecule has 1 aliphatic heterocycles. The van der Waals surface area contributed by atoms with Gasteiger partial charge >= 0.3 is 0 Å². The van der Waals surface area contributed by atoms with Crippen molar-refractivity contribution in [2.75, 3.05) is 18.0 Å². The topological polar surface area (TPSA) is 44.8 Å². The van der Waals surface area contributed by atoms with Crippen molar-refractivity contribution in [3.63, 3.8) is 0 Å². The van der Waals surface area contributed by atoms with Gasteiger partial charge in [-0.2, -0.15) is 0 Å². The molecule has 1 N–H and O–H groups in total. The predicted octanol–water partition coefficient (Wildman–Crippen LogP) is 4.83. The van der Waals surface area contributed by atoms with Crippen LogP contribution in [0.15, 0.2) is 24.4 Å². The first kappa shape index (κ1) is 16.1. The van der Waals surface area contributed by atoms with Crippen LogP contribution in [0.4, 0.5) is 5.82 Å². The molecule has 3 aromatic rings. The van der Waals surface area contributed by atoms with Crippen LogP contribution >= 0.6 is 0 Å². The van der Waals surface area contributed by atoms with Gasteiger partial charge in [0.2, 0.25) is 0 Å². The summed E-state index contributed by atoms with van der Waals surface area (Å²) >= 11 is 0. The highest BCUT2D eigenvalue weighted by Crippen LogP contribution is 2.35. The molecule has 25 heavy (non-hydrogen) atoms. The summed E-state index contributed by atoms with van der Waals surface area (Å²) in [6.07, 6.45) is 4.25. The lowest BCUT2D eigenvalue weighted by Gasteiger charge is -2.34. The zero-order valence-electron chi connectivity index (χ0n) is 15.6. The largest absolute Gasteiger partial charge is 0.360 e. The van der Waals surface area contributed by atoms with E-state index in [4.69, 9.17) is 9.97 Å². The molecule has 1 fully saturated rings. The Balaban J connectivity index is 1.93. The molecule has 0 bridgehead atoms. The van der Waals surface area contributed by atoms with Crippen LogP contribution in [0.5, 0.6) is 0 Å². The first-order chi connectivity index (χ1) is 12.1. The number of nitrogens with one attached hydrogen (secondary N) is 1. The van der Waals surface area contributed by atoms with Gasteiger partial charge in [-0.25, -0.2) is 9.97 Å². The van der Waals surface area contributed by atoms with E-state index in [9.17, 15) is 0 Å². The Morgan fingerprint density at radius 3 is 2.64 bits per heavy atom. The molecule has 0 unspecified atom stereocenters. The van der Waals surface area contributed by atoms with Crippen molar-refractivity contribution in [3.05, 3.63) is 41.2 Å². The Morgan fingerprint density at radius 2 is 2.00 bits per heavy atom. The molecule has 4 nitrogen and oxygen atoms in total. The van der Waals surface area contributed by atoms with E-state index in [2.05, 4.69) is 55.8 Å². The van der Waals surface area contributed by atoms with Crippen molar-refractivity contribution < 1.29 is 0 Å². The fourth-order valence-corrected chi connectivity index (χ4v) is 3.46. The first-order valence-corrected chi connectivity index (χ1v) is 9.32. The molecule has 3 aromatic heterocycles. The Morgan fingerprint density at radius 1 is 1.20 bits per heavy atom. The van der Waals surface area contributed by atoms with Gasteiger partial charge in [0, 0.05) is 30.5 Å². The molecule has 4 heterocycles. The summed E-state index contributed by atoms with van der Waals surface area (Å²) in [7, 11) is 0. The number of aromatic amines is 1. The molecular formula is C21H26N4. The van der Waals surface area contributed by atoms with Crippen LogP contribution in [0.2, 0.25) is 0 Å². The average Bonchev–Trinajstić information content (AvgIpc) is 2.92. The van der Waals surface area contributed by atoms with Gasteiger partial charge in [-0.1, -0.05) is 20.8 Å². The fourth-order valence-electron chi connectivity index (χ4n) is 3.46. The highest BCUT2D eigenvalue weighted by molar-refractivity contribution is 5.86. The SMILES string of the molecule is CCc1cc2[nH]cc(C)c2nc1-c1ccc(C(C)C)nc1N1CCC1. The van der Waals surface area contributed by atoms with E-state index in [1.807, 2.05) is 6.20 Å². The summed E-state index contributed by atoms with van der Waals surface area (Å²) in [6.45, 7) is 10.9. The quantitative estimate of drug-likeness (QED) is 0.743. The molecule has 1 aliphatic rings. The van der Waals surface area contributed by atoms with Crippen molar-refractivity contribution in [1.82, 2.24) is 15.0 Å². The zero-order valence-corrected chi connectivity index (χ0v) is 15.6. The van der Waals surface area contributed by atoms with E-state index in [-0.39, 0.29) is 0 Å². The Bertz CT molecular complexity index is 919. The van der Waals surface area contributed by atoms with Gasteiger partial charge < -0.3 is 9.88 Å². The number of fused-ring (bicyclic) bond motifs is 1. The number of aromatic nitrogens is 3. The summed E-state index contributed by atoms with van der Waals surface area (Å²) in [5.41, 5.74) is 8.06. The molecule has 0 radical (unpaired) electrons. The molecule has 0 spiro atoms. The van der Waals surface area contributed by atoms with Gasteiger partial charge in [0.15, 0.2) is 0 Å². The first-order valence-electron chi connectivity index (χ1n) is 9.32. The number of aryl methyl sites for hydroxylation is 2. The summed E-state index contributed by atoms with van der Waals surface area (Å²) < 4.78 is 0. The molecule has 0 saturated carbocycles. The third kappa shape index (κ3) is 2.70. The van der Waals surface area contributed by atoms with Crippen molar-refractivity contribution in [2.45, 2.75) is 46.5 Å². The van der Waals surface area contributed by atoms with Crippen LogP contribution in [0.1, 0.15) is 49.9 Å².